The van der Waals surface area contributed by atoms with Crippen LogP contribution >= 0.6 is 0 Å². The summed E-state index contributed by atoms with van der Waals surface area (Å²) in [6, 6.07) is 43.4. The van der Waals surface area contributed by atoms with Crippen LogP contribution in [0.25, 0.3) is 77.5 Å². The van der Waals surface area contributed by atoms with Crippen molar-refractivity contribution in [3.63, 3.8) is 0 Å². The van der Waals surface area contributed by atoms with Gasteiger partial charge in [-0.25, -0.2) is 4.98 Å². The maximum Gasteiger partial charge on any atom is 0.252 e. The second kappa shape index (κ2) is 16.3. The van der Waals surface area contributed by atoms with E-state index in [4.69, 9.17) is 4.98 Å². The van der Waals surface area contributed by atoms with Gasteiger partial charge in [0.1, 0.15) is 0 Å². The summed E-state index contributed by atoms with van der Waals surface area (Å²) in [6.07, 6.45) is 13.0. The third-order valence-electron chi connectivity index (χ3n) is 18.2. The van der Waals surface area contributed by atoms with Gasteiger partial charge >= 0.3 is 0 Å². The molecule has 2 saturated carbocycles. The van der Waals surface area contributed by atoms with Crippen LogP contribution in [0.1, 0.15) is 193 Å². The van der Waals surface area contributed by atoms with Crippen LogP contribution in [0.15, 0.2) is 109 Å². The second-order valence-electron chi connectivity index (χ2n) is 27.2. The monoisotopic (exact) mass is 958 g/mol. The molecule has 4 heteroatoms. The van der Waals surface area contributed by atoms with E-state index < -0.39 is 0 Å². The Morgan fingerprint density at radius 1 is 0.425 bits per heavy atom. The molecule has 0 spiro atoms. The van der Waals surface area contributed by atoms with Crippen molar-refractivity contribution >= 4 is 66.7 Å². The summed E-state index contributed by atoms with van der Waals surface area (Å²) >= 11 is 0. The van der Waals surface area contributed by atoms with Crippen molar-refractivity contribution in [1.82, 2.24) is 14.1 Å². The van der Waals surface area contributed by atoms with Gasteiger partial charge in [-0.3, -0.25) is 0 Å². The van der Waals surface area contributed by atoms with Crippen LogP contribution < -0.4 is 16.4 Å². The lowest BCUT2D eigenvalue weighted by Crippen LogP contribution is -2.59. The number of nitrogens with zero attached hydrogens (tertiary/aromatic N) is 3. The van der Waals surface area contributed by atoms with E-state index in [2.05, 4.69) is 201 Å². The quantitative estimate of drug-likeness (QED) is 0.161. The van der Waals surface area contributed by atoms with E-state index in [0.29, 0.717) is 11.8 Å². The van der Waals surface area contributed by atoms with Crippen molar-refractivity contribution in [2.24, 2.45) is 0 Å². The molecule has 3 aromatic heterocycles. The summed E-state index contributed by atoms with van der Waals surface area (Å²) in [5, 5.41) is 5.95. The number of rotatable bonds is 4. The smallest absolute Gasteiger partial charge is 0.252 e. The molecule has 0 unspecified atom stereocenters. The standard InChI is InChI=1S/C69H76BN3/c1-66(2,3)45-37-49(68(7,8)9)61-55(39-45)72-57-35-44(54-30-22-29-53(71-54)43-27-20-15-21-28-43)36-58-63(57)70(51-33-31-47(59(61)64(51)72)41-23-16-13-17-24-41)52-34-32-48(42-25-18-14-19-26-42)60-62-50(69(10,11)12)38-46(67(4,5)6)40-56(62)73(58)65(52)60/h15,20-22,27-42H,13-14,16-19,23-26H2,1-12H3. The second-order valence-corrected chi connectivity index (χ2v) is 27.2. The average Bonchev–Trinajstić information content (AvgIpc) is 3.91. The molecular formula is C69H76BN3. The Kier molecular flexibility index (Phi) is 10.5. The van der Waals surface area contributed by atoms with Gasteiger partial charge < -0.3 is 9.13 Å². The van der Waals surface area contributed by atoms with Crippen LogP contribution in [0, 0.1) is 0 Å². The SMILES string of the molecule is CC(C)(C)c1cc(C(C)(C)C)c2c3c(C4CCCCC4)ccc4c3n(c2c1)-c1cc(-c2cccc(-c3ccccc3)n2)cc2c1B4c1ccc(C3CCCCC3)c3c4c(C(C)(C)C)cc(C(C)(C)C)cc4n-2c13. The largest absolute Gasteiger partial charge is 0.310 e. The fraction of sp³-hybridized carbons (Fsp3) is 0.406. The van der Waals surface area contributed by atoms with Crippen molar-refractivity contribution in [2.75, 3.05) is 0 Å². The Morgan fingerprint density at radius 2 is 0.863 bits per heavy atom. The van der Waals surface area contributed by atoms with Crippen LogP contribution in [0.3, 0.4) is 0 Å². The minimum Gasteiger partial charge on any atom is -0.310 e. The van der Waals surface area contributed by atoms with Gasteiger partial charge in [0.15, 0.2) is 0 Å². The predicted molar refractivity (Wildman–Crippen MR) is 315 cm³/mol. The van der Waals surface area contributed by atoms with Crippen LogP contribution in [0.5, 0.6) is 0 Å². The fourth-order valence-corrected chi connectivity index (χ4v) is 14.4. The molecule has 370 valence electrons. The molecule has 0 atom stereocenters. The molecule has 2 fully saturated rings. The molecule has 2 aliphatic carbocycles. The average molecular weight is 958 g/mol. The van der Waals surface area contributed by atoms with Crippen molar-refractivity contribution in [2.45, 2.75) is 181 Å². The molecule has 9 aromatic rings. The minimum absolute atomic E-state index is 0.0413. The molecule has 5 heterocycles. The van der Waals surface area contributed by atoms with E-state index in [1.165, 1.54) is 163 Å². The molecule has 4 aliphatic rings. The Hall–Kier alpha value is -5.87. The first kappa shape index (κ1) is 46.9. The molecule has 3 nitrogen and oxygen atoms in total. The first-order valence-electron chi connectivity index (χ1n) is 28.3. The molecule has 0 saturated heterocycles. The molecule has 2 aliphatic heterocycles. The van der Waals surface area contributed by atoms with Gasteiger partial charge in [0.25, 0.3) is 6.71 Å². The van der Waals surface area contributed by atoms with Gasteiger partial charge in [-0.15, -0.1) is 0 Å². The highest BCUT2D eigenvalue weighted by Gasteiger charge is 2.44. The topological polar surface area (TPSA) is 22.8 Å². The molecule has 0 radical (unpaired) electrons. The highest BCUT2D eigenvalue weighted by atomic mass is 15.0. The van der Waals surface area contributed by atoms with Gasteiger partial charge in [-0.1, -0.05) is 194 Å². The molecular weight excluding hydrogens is 882 g/mol. The minimum atomic E-state index is -0.0780. The summed E-state index contributed by atoms with van der Waals surface area (Å²) in [5.74, 6) is 1.10. The van der Waals surface area contributed by atoms with Gasteiger partial charge in [0.2, 0.25) is 0 Å². The van der Waals surface area contributed by atoms with E-state index in [0.717, 1.165) is 17.0 Å². The van der Waals surface area contributed by atoms with E-state index in [1.807, 2.05) is 0 Å². The molecule has 6 aromatic carbocycles. The first-order chi connectivity index (χ1) is 34.8. The third kappa shape index (κ3) is 7.22. The van der Waals surface area contributed by atoms with Crippen molar-refractivity contribution in [3.05, 3.63) is 143 Å². The number of hydrogen-bond donors (Lipinski definition) is 0. The van der Waals surface area contributed by atoms with Gasteiger partial charge in [0, 0.05) is 55.1 Å². The van der Waals surface area contributed by atoms with Crippen LogP contribution in [-0.4, -0.2) is 20.8 Å². The van der Waals surface area contributed by atoms with Gasteiger partial charge in [-0.2, -0.15) is 0 Å². The lowest BCUT2D eigenvalue weighted by molar-refractivity contribution is 0.445. The number of aromatic nitrogens is 3. The molecule has 73 heavy (non-hydrogen) atoms. The predicted octanol–water partition coefficient (Wildman–Crippen LogP) is 17.0. The number of fused-ring (bicyclic) bond motifs is 10. The molecule has 13 rings (SSSR count). The molecule has 0 amide bonds. The third-order valence-corrected chi connectivity index (χ3v) is 18.2. The van der Waals surface area contributed by atoms with Crippen LogP contribution in [-0.2, 0) is 21.7 Å². The van der Waals surface area contributed by atoms with Crippen molar-refractivity contribution < 1.29 is 0 Å². The van der Waals surface area contributed by atoms with Crippen LogP contribution in [0.2, 0.25) is 0 Å². The summed E-state index contributed by atoms with van der Waals surface area (Å²) in [5.41, 5.74) is 25.5. The summed E-state index contributed by atoms with van der Waals surface area (Å²) in [7, 11) is 0. The number of pyridine rings is 1. The number of benzene rings is 6. The number of hydrogen-bond acceptors (Lipinski definition) is 1. The first-order valence-corrected chi connectivity index (χ1v) is 28.3. The maximum atomic E-state index is 5.58. The zero-order valence-corrected chi connectivity index (χ0v) is 46.0. The highest BCUT2D eigenvalue weighted by Crippen LogP contribution is 2.51. The van der Waals surface area contributed by atoms with Crippen molar-refractivity contribution in [1.29, 1.82) is 0 Å². The Bertz CT molecular complexity index is 3520. The van der Waals surface area contributed by atoms with E-state index >= 15 is 0 Å². The Balaban J connectivity index is 1.25. The van der Waals surface area contributed by atoms with Gasteiger partial charge in [0.05, 0.1) is 22.4 Å². The normalized spacial score (nSPS) is 16.6. The Morgan fingerprint density at radius 3 is 1.29 bits per heavy atom. The van der Waals surface area contributed by atoms with E-state index in [-0.39, 0.29) is 28.4 Å². The van der Waals surface area contributed by atoms with E-state index in [9.17, 15) is 0 Å². The highest BCUT2D eigenvalue weighted by molar-refractivity contribution is 7.00. The Labute approximate surface area is 435 Å². The summed E-state index contributed by atoms with van der Waals surface area (Å²) in [4.78, 5) is 5.58. The lowest BCUT2D eigenvalue weighted by Gasteiger charge is -2.35. The molecule has 0 N–H and O–H groups in total. The lowest BCUT2D eigenvalue weighted by atomic mass is 9.34. The maximum absolute atomic E-state index is 5.58. The van der Waals surface area contributed by atoms with Gasteiger partial charge in [-0.05, 0) is 145 Å². The summed E-state index contributed by atoms with van der Waals surface area (Å²) < 4.78 is 5.59. The van der Waals surface area contributed by atoms with Crippen molar-refractivity contribution in [3.8, 4) is 33.9 Å². The summed E-state index contributed by atoms with van der Waals surface area (Å²) in [6.45, 7) is 29.2. The van der Waals surface area contributed by atoms with E-state index in [1.54, 1.807) is 11.1 Å². The fourth-order valence-electron chi connectivity index (χ4n) is 14.4. The van der Waals surface area contributed by atoms with Crippen LogP contribution in [0.4, 0.5) is 0 Å². The zero-order chi connectivity index (χ0) is 50.7. The zero-order valence-electron chi connectivity index (χ0n) is 46.0. The molecule has 0 bridgehead atoms.